The van der Waals surface area contributed by atoms with Gasteiger partial charge in [-0.05, 0) is 31.5 Å². The molecule has 0 bridgehead atoms. The number of hydrogen-bond acceptors (Lipinski definition) is 3. The van der Waals surface area contributed by atoms with Crippen LogP contribution in [0, 0.1) is 5.92 Å². The predicted molar refractivity (Wildman–Crippen MR) is 68.1 cm³/mol. The van der Waals surface area contributed by atoms with E-state index in [9.17, 15) is 0 Å². The van der Waals surface area contributed by atoms with Gasteiger partial charge in [0.05, 0.1) is 6.10 Å². The van der Waals surface area contributed by atoms with E-state index in [2.05, 4.69) is 17.0 Å². The van der Waals surface area contributed by atoms with Gasteiger partial charge in [-0.25, -0.2) is 0 Å². The van der Waals surface area contributed by atoms with Crippen molar-refractivity contribution in [3.8, 4) is 5.75 Å². The van der Waals surface area contributed by atoms with Crippen LogP contribution < -0.4 is 4.74 Å². The van der Waals surface area contributed by atoms with E-state index in [1.807, 2.05) is 26.0 Å². The van der Waals surface area contributed by atoms with Gasteiger partial charge in [-0.1, -0.05) is 12.1 Å². The van der Waals surface area contributed by atoms with Crippen molar-refractivity contribution >= 4 is 0 Å². The number of rotatable bonds is 5. The molecule has 0 unspecified atom stereocenters. The van der Waals surface area contributed by atoms with Crippen LogP contribution in [0.3, 0.4) is 0 Å². The molecule has 17 heavy (non-hydrogen) atoms. The Balaban J connectivity index is 1.88. The molecule has 3 nitrogen and oxygen atoms in total. The highest BCUT2D eigenvalue weighted by molar-refractivity contribution is 5.28. The van der Waals surface area contributed by atoms with Crippen LogP contribution >= 0.6 is 0 Å². The molecule has 0 aliphatic carbocycles. The third kappa shape index (κ3) is 3.45. The summed E-state index contributed by atoms with van der Waals surface area (Å²) >= 11 is 0. The monoisotopic (exact) mass is 235 g/mol. The quantitative estimate of drug-likeness (QED) is 0.846. The van der Waals surface area contributed by atoms with E-state index in [0.717, 1.165) is 25.4 Å². The highest BCUT2D eigenvalue weighted by atomic mass is 16.5. The van der Waals surface area contributed by atoms with Gasteiger partial charge in [-0.15, -0.1) is 0 Å². The minimum absolute atomic E-state index is 0.216. The first kappa shape index (κ1) is 12.4. The third-order valence-corrected chi connectivity index (χ3v) is 2.97. The Morgan fingerprint density at radius 1 is 1.41 bits per heavy atom. The average Bonchev–Trinajstić information content (AvgIpc) is 2.22. The van der Waals surface area contributed by atoms with Crippen molar-refractivity contribution < 1.29 is 9.84 Å². The number of hydrogen-bond donors (Lipinski definition) is 1. The molecule has 1 aliphatic heterocycles. The Labute approximate surface area is 103 Å². The van der Waals surface area contributed by atoms with Crippen molar-refractivity contribution in [3.63, 3.8) is 0 Å². The molecule has 0 saturated carbocycles. The minimum atomic E-state index is 0.216. The largest absolute Gasteiger partial charge is 0.491 e. The number of nitrogens with zero attached hydrogens (tertiary/aromatic N) is 1. The number of benzene rings is 1. The van der Waals surface area contributed by atoms with Gasteiger partial charge in [0.1, 0.15) is 5.75 Å². The van der Waals surface area contributed by atoms with Gasteiger partial charge in [0.25, 0.3) is 0 Å². The molecule has 0 atom stereocenters. The molecule has 0 aromatic heterocycles. The summed E-state index contributed by atoms with van der Waals surface area (Å²) in [4.78, 5) is 2.34. The first-order valence-corrected chi connectivity index (χ1v) is 6.26. The minimum Gasteiger partial charge on any atom is -0.491 e. The summed E-state index contributed by atoms with van der Waals surface area (Å²) in [6.07, 6.45) is 0.216. The zero-order valence-electron chi connectivity index (χ0n) is 10.6. The van der Waals surface area contributed by atoms with Crippen LogP contribution in [0.25, 0.3) is 0 Å². The summed E-state index contributed by atoms with van der Waals surface area (Å²) in [5.41, 5.74) is 1.28. The Morgan fingerprint density at radius 3 is 2.82 bits per heavy atom. The standard InChI is InChI=1S/C14H21NO2/c1-11(2)17-14-5-3-4-12(6-14)7-15-8-13(9-15)10-16/h3-6,11,13,16H,7-10H2,1-2H3. The molecule has 2 rings (SSSR count). The van der Waals surface area contributed by atoms with E-state index >= 15 is 0 Å². The maximum absolute atomic E-state index is 8.97. The SMILES string of the molecule is CC(C)Oc1cccc(CN2CC(CO)C2)c1. The fourth-order valence-electron chi connectivity index (χ4n) is 2.17. The second-order valence-corrected chi connectivity index (χ2v) is 5.06. The van der Waals surface area contributed by atoms with Crippen LogP contribution in [-0.2, 0) is 6.54 Å². The van der Waals surface area contributed by atoms with E-state index in [0.29, 0.717) is 12.5 Å². The lowest BCUT2D eigenvalue weighted by Crippen LogP contribution is -2.47. The number of aliphatic hydroxyl groups excluding tert-OH is 1. The Hall–Kier alpha value is -1.06. The molecule has 0 spiro atoms. The van der Waals surface area contributed by atoms with E-state index < -0.39 is 0 Å². The zero-order chi connectivity index (χ0) is 12.3. The van der Waals surface area contributed by atoms with Crippen molar-refractivity contribution in [1.29, 1.82) is 0 Å². The lowest BCUT2D eigenvalue weighted by atomic mass is 10.0. The summed E-state index contributed by atoms with van der Waals surface area (Å²) in [6, 6.07) is 8.26. The van der Waals surface area contributed by atoms with Crippen molar-refractivity contribution in [1.82, 2.24) is 4.90 Å². The van der Waals surface area contributed by atoms with E-state index in [1.54, 1.807) is 0 Å². The number of aliphatic hydroxyl groups is 1. The smallest absolute Gasteiger partial charge is 0.120 e. The third-order valence-electron chi connectivity index (χ3n) is 2.97. The van der Waals surface area contributed by atoms with Gasteiger partial charge in [-0.3, -0.25) is 4.90 Å². The summed E-state index contributed by atoms with van der Waals surface area (Å²) in [5.74, 6) is 1.42. The zero-order valence-corrected chi connectivity index (χ0v) is 10.6. The summed E-state index contributed by atoms with van der Waals surface area (Å²) in [6.45, 7) is 7.35. The second kappa shape index (κ2) is 5.52. The van der Waals surface area contributed by atoms with Crippen molar-refractivity contribution in [2.75, 3.05) is 19.7 Å². The van der Waals surface area contributed by atoms with E-state index in [1.165, 1.54) is 5.56 Å². The van der Waals surface area contributed by atoms with Crippen molar-refractivity contribution in [3.05, 3.63) is 29.8 Å². The molecule has 1 saturated heterocycles. The second-order valence-electron chi connectivity index (χ2n) is 5.06. The van der Waals surface area contributed by atoms with Crippen LogP contribution in [0.2, 0.25) is 0 Å². The maximum Gasteiger partial charge on any atom is 0.120 e. The van der Waals surface area contributed by atoms with Gasteiger partial charge in [0, 0.05) is 32.2 Å². The lowest BCUT2D eigenvalue weighted by molar-refractivity contribution is 0.0478. The number of likely N-dealkylation sites (tertiary alicyclic amines) is 1. The van der Waals surface area contributed by atoms with E-state index in [4.69, 9.17) is 9.84 Å². The van der Waals surface area contributed by atoms with Gasteiger partial charge in [0.2, 0.25) is 0 Å². The van der Waals surface area contributed by atoms with Gasteiger partial charge < -0.3 is 9.84 Å². The van der Waals surface area contributed by atoms with Gasteiger partial charge in [0.15, 0.2) is 0 Å². The summed E-state index contributed by atoms with van der Waals surface area (Å²) in [5, 5.41) is 8.97. The number of ether oxygens (including phenoxy) is 1. The van der Waals surface area contributed by atoms with Crippen molar-refractivity contribution in [2.45, 2.75) is 26.5 Å². The predicted octanol–water partition coefficient (Wildman–Crippen LogP) is 1.90. The first-order chi connectivity index (χ1) is 8.17. The van der Waals surface area contributed by atoms with Crippen LogP contribution in [0.1, 0.15) is 19.4 Å². The van der Waals surface area contributed by atoms with Crippen LogP contribution in [0.15, 0.2) is 24.3 Å². The molecule has 3 heteroatoms. The molecule has 1 aliphatic rings. The Morgan fingerprint density at radius 2 is 2.18 bits per heavy atom. The van der Waals surface area contributed by atoms with Crippen molar-refractivity contribution in [2.24, 2.45) is 5.92 Å². The van der Waals surface area contributed by atoms with Gasteiger partial charge >= 0.3 is 0 Å². The highest BCUT2D eigenvalue weighted by Crippen LogP contribution is 2.21. The topological polar surface area (TPSA) is 32.7 Å². The van der Waals surface area contributed by atoms with Crippen LogP contribution in [0.4, 0.5) is 0 Å². The molecule has 1 fully saturated rings. The Kier molecular flexibility index (Phi) is 4.02. The fourth-order valence-corrected chi connectivity index (χ4v) is 2.17. The molecular formula is C14H21NO2. The molecule has 1 N–H and O–H groups in total. The molecular weight excluding hydrogens is 214 g/mol. The first-order valence-electron chi connectivity index (χ1n) is 6.26. The highest BCUT2D eigenvalue weighted by Gasteiger charge is 2.25. The molecule has 94 valence electrons. The average molecular weight is 235 g/mol. The summed E-state index contributed by atoms with van der Waals surface area (Å²) < 4.78 is 5.67. The normalized spacial score (nSPS) is 17.2. The molecule has 0 amide bonds. The molecule has 0 radical (unpaired) electrons. The molecule has 1 aromatic rings. The van der Waals surface area contributed by atoms with Crippen LogP contribution in [0.5, 0.6) is 5.75 Å². The fraction of sp³-hybridized carbons (Fsp3) is 0.571. The molecule has 1 aromatic carbocycles. The summed E-state index contributed by atoms with van der Waals surface area (Å²) in [7, 11) is 0. The van der Waals surface area contributed by atoms with E-state index in [-0.39, 0.29) is 6.10 Å². The maximum atomic E-state index is 8.97. The van der Waals surface area contributed by atoms with Crippen LogP contribution in [-0.4, -0.2) is 35.8 Å². The van der Waals surface area contributed by atoms with Gasteiger partial charge in [-0.2, -0.15) is 0 Å². The molecule has 1 heterocycles. The lowest BCUT2D eigenvalue weighted by Gasteiger charge is -2.38. The Bertz CT molecular complexity index is 359.